The zero-order valence-electron chi connectivity index (χ0n) is 16.1. The SMILES string of the molecule is Cc1cccc(NC(=O)Cn2nc3nc(N4CCC[C@H](C)C4)ccn3c2=O)c1. The number of carbonyl (C=O) groups is 1. The van der Waals surface area contributed by atoms with Crippen molar-refractivity contribution >= 4 is 23.2 Å². The molecule has 8 nitrogen and oxygen atoms in total. The lowest BCUT2D eigenvalue weighted by Crippen LogP contribution is -2.34. The average molecular weight is 380 g/mol. The van der Waals surface area contributed by atoms with Crippen molar-refractivity contribution in [1.82, 2.24) is 19.2 Å². The molecule has 3 heterocycles. The smallest absolute Gasteiger partial charge is 0.352 e. The van der Waals surface area contributed by atoms with E-state index in [4.69, 9.17) is 0 Å². The lowest BCUT2D eigenvalue weighted by Gasteiger charge is -2.31. The number of hydrogen-bond donors (Lipinski definition) is 1. The van der Waals surface area contributed by atoms with Gasteiger partial charge in [-0.15, -0.1) is 5.10 Å². The van der Waals surface area contributed by atoms with Crippen molar-refractivity contribution in [3.05, 3.63) is 52.6 Å². The molecule has 0 unspecified atom stereocenters. The van der Waals surface area contributed by atoms with Crippen LogP contribution in [0.4, 0.5) is 11.5 Å². The fourth-order valence-electron chi connectivity index (χ4n) is 3.63. The maximum absolute atomic E-state index is 12.5. The van der Waals surface area contributed by atoms with Gasteiger partial charge in [-0.3, -0.25) is 4.79 Å². The molecule has 8 heteroatoms. The normalized spacial score (nSPS) is 17.1. The maximum Gasteiger partial charge on any atom is 0.352 e. The average Bonchev–Trinajstić information content (AvgIpc) is 2.96. The van der Waals surface area contributed by atoms with Gasteiger partial charge in [-0.2, -0.15) is 4.98 Å². The van der Waals surface area contributed by atoms with Gasteiger partial charge in [0.05, 0.1) is 0 Å². The largest absolute Gasteiger partial charge is 0.356 e. The molecule has 1 saturated heterocycles. The van der Waals surface area contributed by atoms with Gasteiger partial charge in [-0.05, 0) is 49.4 Å². The van der Waals surface area contributed by atoms with Crippen LogP contribution in [-0.2, 0) is 11.3 Å². The molecule has 0 saturated carbocycles. The fraction of sp³-hybridized carbons (Fsp3) is 0.400. The Kier molecular flexibility index (Phi) is 4.85. The van der Waals surface area contributed by atoms with Gasteiger partial charge in [0.15, 0.2) is 0 Å². The summed E-state index contributed by atoms with van der Waals surface area (Å²) >= 11 is 0. The second-order valence-corrected chi connectivity index (χ2v) is 7.51. The molecule has 0 spiro atoms. The monoisotopic (exact) mass is 380 g/mol. The molecule has 4 rings (SSSR count). The van der Waals surface area contributed by atoms with Crippen molar-refractivity contribution in [3.8, 4) is 0 Å². The molecule has 3 aromatic rings. The van der Waals surface area contributed by atoms with Crippen LogP contribution in [0, 0.1) is 12.8 Å². The molecule has 1 N–H and O–H groups in total. The van der Waals surface area contributed by atoms with Gasteiger partial charge in [-0.25, -0.2) is 13.9 Å². The molecule has 1 fully saturated rings. The molecule has 1 amide bonds. The highest BCUT2D eigenvalue weighted by Gasteiger charge is 2.19. The van der Waals surface area contributed by atoms with Crippen LogP contribution < -0.4 is 15.9 Å². The van der Waals surface area contributed by atoms with E-state index in [9.17, 15) is 9.59 Å². The molecular formula is C20H24N6O2. The molecule has 0 bridgehead atoms. The topological polar surface area (TPSA) is 84.5 Å². The number of carbonyl (C=O) groups excluding carboxylic acids is 1. The van der Waals surface area contributed by atoms with Crippen molar-refractivity contribution in [2.45, 2.75) is 33.2 Å². The summed E-state index contributed by atoms with van der Waals surface area (Å²) in [5.41, 5.74) is 1.37. The number of rotatable bonds is 4. The fourth-order valence-corrected chi connectivity index (χ4v) is 3.63. The molecule has 1 aromatic carbocycles. The Labute approximate surface area is 162 Å². The zero-order valence-corrected chi connectivity index (χ0v) is 16.1. The summed E-state index contributed by atoms with van der Waals surface area (Å²) in [6.45, 7) is 5.93. The second-order valence-electron chi connectivity index (χ2n) is 7.51. The lowest BCUT2D eigenvalue weighted by molar-refractivity contribution is -0.117. The first-order valence-electron chi connectivity index (χ1n) is 9.57. The highest BCUT2D eigenvalue weighted by molar-refractivity contribution is 5.90. The molecule has 1 aliphatic rings. The third-order valence-electron chi connectivity index (χ3n) is 5.02. The van der Waals surface area contributed by atoms with Gasteiger partial charge >= 0.3 is 5.69 Å². The van der Waals surface area contributed by atoms with E-state index in [1.54, 1.807) is 6.20 Å². The number of piperidine rings is 1. The Hall–Kier alpha value is -3.16. The minimum atomic E-state index is -0.375. The number of nitrogens with one attached hydrogen (secondary N) is 1. The molecular weight excluding hydrogens is 356 g/mol. The van der Waals surface area contributed by atoms with E-state index < -0.39 is 0 Å². The third-order valence-corrected chi connectivity index (χ3v) is 5.02. The van der Waals surface area contributed by atoms with Gasteiger partial charge in [0.1, 0.15) is 12.4 Å². The van der Waals surface area contributed by atoms with E-state index in [2.05, 4.69) is 27.2 Å². The quantitative estimate of drug-likeness (QED) is 0.749. The van der Waals surface area contributed by atoms with Crippen LogP contribution in [0.2, 0.25) is 0 Å². The number of fused-ring (bicyclic) bond motifs is 1. The lowest BCUT2D eigenvalue weighted by atomic mass is 10.0. The van der Waals surface area contributed by atoms with Crippen molar-refractivity contribution in [2.24, 2.45) is 5.92 Å². The van der Waals surface area contributed by atoms with Crippen LogP contribution in [0.1, 0.15) is 25.3 Å². The second kappa shape index (κ2) is 7.46. The molecule has 146 valence electrons. The van der Waals surface area contributed by atoms with E-state index in [0.29, 0.717) is 17.4 Å². The highest BCUT2D eigenvalue weighted by atomic mass is 16.2. The van der Waals surface area contributed by atoms with Crippen LogP contribution in [0.25, 0.3) is 5.78 Å². The van der Waals surface area contributed by atoms with Gasteiger partial charge in [-0.1, -0.05) is 19.1 Å². The van der Waals surface area contributed by atoms with Gasteiger partial charge in [0.25, 0.3) is 5.78 Å². The van der Waals surface area contributed by atoms with Crippen molar-refractivity contribution < 1.29 is 4.79 Å². The van der Waals surface area contributed by atoms with Crippen LogP contribution in [0.5, 0.6) is 0 Å². The van der Waals surface area contributed by atoms with Gasteiger partial charge in [0, 0.05) is 25.0 Å². The van der Waals surface area contributed by atoms with E-state index in [1.807, 2.05) is 37.3 Å². The standard InChI is InChI=1S/C20H24N6O2/c1-14-5-3-7-16(11-14)21-18(27)13-26-20(28)25-10-8-17(22-19(25)23-26)24-9-4-6-15(2)12-24/h3,5,7-8,10-11,15H,4,6,9,12-13H2,1-2H3,(H,21,27)/t15-/m0/s1. The summed E-state index contributed by atoms with van der Waals surface area (Å²) in [6.07, 6.45) is 4.04. The Morgan fingerprint density at radius 3 is 2.96 bits per heavy atom. The molecule has 28 heavy (non-hydrogen) atoms. The van der Waals surface area contributed by atoms with Crippen molar-refractivity contribution in [3.63, 3.8) is 0 Å². The summed E-state index contributed by atoms with van der Waals surface area (Å²) in [4.78, 5) is 31.6. The molecule has 1 aliphatic heterocycles. The third kappa shape index (κ3) is 3.76. The Balaban J connectivity index is 1.53. The van der Waals surface area contributed by atoms with E-state index in [0.717, 1.165) is 35.6 Å². The van der Waals surface area contributed by atoms with E-state index >= 15 is 0 Å². The van der Waals surface area contributed by atoms with Crippen LogP contribution >= 0.6 is 0 Å². The predicted molar refractivity (Wildman–Crippen MR) is 108 cm³/mol. The Morgan fingerprint density at radius 1 is 1.32 bits per heavy atom. The number of amides is 1. The van der Waals surface area contributed by atoms with Crippen molar-refractivity contribution in [1.29, 1.82) is 0 Å². The summed E-state index contributed by atoms with van der Waals surface area (Å²) in [7, 11) is 0. The predicted octanol–water partition coefficient (Wildman–Crippen LogP) is 2.07. The molecule has 1 atom stereocenters. The summed E-state index contributed by atoms with van der Waals surface area (Å²) in [6, 6.07) is 9.34. The number of anilines is 2. The number of hydrogen-bond acceptors (Lipinski definition) is 5. The van der Waals surface area contributed by atoms with Gasteiger partial charge in [0.2, 0.25) is 5.91 Å². The van der Waals surface area contributed by atoms with E-state index in [-0.39, 0.29) is 18.1 Å². The summed E-state index contributed by atoms with van der Waals surface area (Å²) < 4.78 is 2.52. The zero-order chi connectivity index (χ0) is 19.7. The van der Waals surface area contributed by atoms with Crippen LogP contribution in [-0.4, -0.2) is 38.2 Å². The first-order valence-corrected chi connectivity index (χ1v) is 9.57. The summed E-state index contributed by atoms with van der Waals surface area (Å²) in [5.74, 6) is 1.45. The van der Waals surface area contributed by atoms with E-state index in [1.165, 1.54) is 10.8 Å². The summed E-state index contributed by atoms with van der Waals surface area (Å²) in [5, 5.41) is 7.05. The van der Waals surface area contributed by atoms with Crippen LogP contribution in [0.15, 0.2) is 41.3 Å². The minimum absolute atomic E-state index is 0.160. The molecule has 0 aliphatic carbocycles. The number of aromatic nitrogens is 4. The van der Waals surface area contributed by atoms with Crippen molar-refractivity contribution in [2.75, 3.05) is 23.3 Å². The molecule has 2 aromatic heterocycles. The Morgan fingerprint density at radius 2 is 2.18 bits per heavy atom. The number of aryl methyl sites for hydroxylation is 1. The first kappa shape index (κ1) is 18.2. The minimum Gasteiger partial charge on any atom is -0.356 e. The Bertz CT molecular complexity index is 1070. The first-order chi connectivity index (χ1) is 13.5. The number of benzene rings is 1. The maximum atomic E-state index is 12.5. The number of nitrogens with zero attached hydrogens (tertiary/aromatic N) is 5. The van der Waals surface area contributed by atoms with Gasteiger partial charge < -0.3 is 10.2 Å². The van der Waals surface area contributed by atoms with Crippen LogP contribution in [0.3, 0.4) is 0 Å². The molecule has 0 radical (unpaired) electrons. The highest BCUT2D eigenvalue weighted by Crippen LogP contribution is 2.21.